The second-order valence-electron chi connectivity index (χ2n) is 2.05. The summed E-state index contributed by atoms with van der Waals surface area (Å²) in [5.74, 6) is 0. The molecule has 0 aliphatic carbocycles. The number of hydrogen-bond donors (Lipinski definition) is 0. The van der Waals surface area contributed by atoms with Crippen LogP contribution in [-0.2, 0) is 0 Å². The molecule has 0 bridgehead atoms. The summed E-state index contributed by atoms with van der Waals surface area (Å²) in [5.41, 5.74) is 1.16. The molecule has 4 nitrogen and oxygen atoms in total. The van der Waals surface area contributed by atoms with Gasteiger partial charge in [-0.05, 0) is 12.1 Å². The van der Waals surface area contributed by atoms with Crippen molar-refractivity contribution < 1.29 is 0 Å². The number of hydrogen-bond acceptors (Lipinski definition) is 3. The Bertz CT molecular complexity index is 423. The van der Waals surface area contributed by atoms with Crippen molar-refractivity contribution in [2.45, 2.75) is 0 Å². The van der Waals surface area contributed by atoms with Crippen LogP contribution >= 0.6 is 0 Å². The Hall–Kier alpha value is -1.89. The zero-order chi connectivity index (χ0) is 7.68. The predicted octanol–water partition coefficient (Wildman–Crippen LogP) is 0.601. The quantitative estimate of drug-likeness (QED) is 0.544. The summed E-state index contributed by atoms with van der Waals surface area (Å²) in [6, 6.07) is 5.57. The number of imidazole rings is 1. The molecule has 2 aromatic heterocycles. The Kier molecular flexibility index (Phi) is 1.10. The second-order valence-corrected chi connectivity index (χ2v) is 2.05. The highest BCUT2D eigenvalue weighted by molar-refractivity contribution is 5.40. The molecule has 2 rings (SSSR count). The fraction of sp³-hybridized carbons (Fsp3) is 0. The van der Waals surface area contributed by atoms with Crippen molar-refractivity contribution in [1.29, 1.82) is 5.26 Å². The van der Waals surface area contributed by atoms with E-state index in [1.807, 2.05) is 6.07 Å². The standard InChI is InChI=1S/C7H4N4/c8-4-6-5-9-7-2-1-3-10-11(6)7/h1-3,5H. The minimum atomic E-state index is 0.459. The number of rotatable bonds is 0. The molecule has 52 valence electrons. The first-order valence-corrected chi connectivity index (χ1v) is 3.10. The second kappa shape index (κ2) is 2.06. The molecule has 0 unspecified atom stereocenters. The van der Waals surface area contributed by atoms with Gasteiger partial charge in [0.15, 0.2) is 11.3 Å². The van der Waals surface area contributed by atoms with Gasteiger partial charge in [0.2, 0.25) is 0 Å². The van der Waals surface area contributed by atoms with Gasteiger partial charge in [-0.2, -0.15) is 10.4 Å². The first-order valence-electron chi connectivity index (χ1n) is 3.10. The van der Waals surface area contributed by atoms with Crippen LogP contribution in [0.2, 0.25) is 0 Å². The van der Waals surface area contributed by atoms with Crippen molar-refractivity contribution in [3.63, 3.8) is 0 Å². The summed E-state index contributed by atoms with van der Waals surface area (Å²) in [6.45, 7) is 0. The molecule has 0 aliphatic rings. The first-order chi connectivity index (χ1) is 5.42. The van der Waals surface area contributed by atoms with E-state index in [1.165, 1.54) is 10.7 Å². The first kappa shape index (κ1) is 5.86. The summed E-state index contributed by atoms with van der Waals surface area (Å²) in [4.78, 5) is 3.97. The maximum absolute atomic E-state index is 8.57. The molecule has 2 heterocycles. The maximum atomic E-state index is 8.57. The molecule has 0 aliphatic heterocycles. The van der Waals surface area contributed by atoms with Crippen LogP contribution in [0.1, 0.15) is 5.69 Å². The average Bonchev–Trinajstić information content (AvgIpc) is 2.47. The third-order valence-electron chi connectivity index (χ3n) is 1.39. The summed E-state index contributed by atoms with van der Waals surface area (Å²) < 4.78 is 1.50. The summed E-state index contributed by atoms with van der Waals surface area (Å²) in [7, 11) is 0. The largest absolute Gasteiger partial charge is 0.234 e. The Balaban J connectivity index is 2.89. The lowest BCUT2D eigenvalue weighted by Crippen LogP contribution is -1.91. The molecule has 0 aromatic carbocycles. The lowest BCUT2D eigenvalue weighted by Gasteiger charge is -1.88. The van der Waals surface area contributed by atoms with E-state index >= 15 is 0 Å². The topological polar surface area (TPSA) is 54.0 Å². The van der Waals surface area contributed by atoms with E-state index in [0.29, 0.717) is 11.3 Å². The Morgan fingerprint density at radius 3 is 3.27 bits per heavy atom. The lowest BCUT2D eigenvalue weighted by molar-refractivity contribution is 0.920. The molecule has 2 aromatic rings. The van der Waals surface area contributed by atoms with Crippen LogP contribution in [0.4, 0.5) is 0 Å². The van der Waals surface area contributed by atoms with E-state index in [0.717, 1.165) is 0 Å². The van der Waals surface area contributed by atoms with Gasteiger partial charge in [-0.15, -0.1) is 0 Å². The normalized spacial score (nSPS) is 9.73. The van der Waals surface area contributed by atoms with Crippen molar-refractivity contribution in [3.05, 3.63) is 30.2 Å². The van der Waals surface area contributed by atoms with Crippen LogP contribution in [0.25, 0.3) is 5.65 Å². The van der Waals surface area contributed by atoms with E-state index in [9.17, 15) is 0 Å². The van der Waals surface area contributed by atoms with Crippen LogP contribution in [0.3, 0.4) is 0 Å². The highest BCUT2D eigenvalue weighted by Gasteiger charge is 1.99. The van der Waals surface area contributed by atoms with Gasteiger partial charge < -0.3 is 0 Å². The van der Waals surface area contributed by atoms with Gasteiger partial charge in [0, 0.05) is 6.20 Å². The van der Waals surface area contributed by atoms with E-state index in [-0.39, 0.29) is 0 Å². The maximum Gasteiger partial charge on any atom is 0.162 e. The minimum absolute atomic E-state index is 0.459. The highest BCUT2D eigenvalue weighted by Crippen LogP contribution is 2.00. The lowest BCUT2D eigenvalue weighted by atomic mass is 10.5. The Morgan fingerprint density at radius 2 is 2.45 bits per heavy atom. The van der Waals surface area contributed by atoms with Gasteiger partial charge in [0.1, 0.15) is 6.07 Å². The van der Waals surface area contributed by atoms with E-state index in [2.05, 4.69) is 10.1 Å². The van der Waals surface area contributed by atoms with Gasteiger partial charge >= 0.3 is 0 Å². The third kappa shape index (κ3) is 0.749. The van der Waals surface area contributed by atoms with Crippen LogP contribution in [0, 0.1) is 11.3 Å². The molecule has 0 spiro atoms. The van der Waals surface area contributed by atoms with Crippen molar-refractivity contribution >= 4 is 5.65 Å². The van der Waals surface area contributed by atoms with Crippen LogP contribution in [0.5, 0.6) is 0 Å². The van der Waals surface area contributed by atoms with Gasteiger partial charge in [-0.1, -0.05) is 0 Å². The monoisotopic (exact) mass is 144 g/mol. The van der Waals surface area contributed by atoms with Gasteiger partial charge in [-0.3, -0.25) is 0 Å². The molecule has 0 fully saturated rings. The minimum Gasteiger partial charge on any atom is -0.234 e. The number of fused-ring (bicyclic) bond motifs is 1. The molecular weight excluding hydrogens is 140 g/mol. The Morgan fingerprint density at radius 1 is 1.55 bits per heavy atom. The molecule has 0 radical (unpaired) electrons. The average molecular weight is 144 g/mol. The molecule has 11 heavy (non-hydrogen) atoms. The van der Waals surface area contributed by atoms with Gasteiger partial charge in [-0.25, -0.2) is 9.50 Å². The van der Waals surface area contributed by atoms with Crippen LogP contribution in [0.15, 0.2) is 24.5 Å². The van der Waals surface area contributed by atoms with E-state index in [1.54, 1.807) is 18.3 Å². The molecule has 0 atom stereocenters. The summed E-state index contributed by atoms with van der Waals surface area (Å²) in [5, 5.41) is 12.5. The molecule has 0 N–H and O–H groups in total. The van der Waals surface area contributed by atoms with Crippen LogP contribution in [-0.4, -0.2) is 14.6 Å². The van der Waals surface area contributed by atoms with Gasteiger partial charge in [0.05, 0.1) is 6.20 Å². The van der Waals surface area contributed by atoms with Crippen molar-refractivity contribution in [2.24, 2.45) is 0 Å². The zero-order valence-corrected chi connectivity index (χ0v) is 5.60. The molecule has 0 saturated carbocycles. The molecular formula is C7H4N4. The van der Waals surface area contributed by atoms with Gasteiger partial charge in [0.25, 0.3) is 0 Å². The fourth-order valence-electron chi connectivity index (χ4n) is 0.906. The van der Waals surface area contributed by atoms with Crippen molar-refractivity contribution in [1.82, 2.24) is 14.6 Å². The highest BCUT2D eigenvalue weighted by atomic mass is 15.2. The summed E-state index contributed by atoms with van der Waals surface area (Å²) >= 11 is 0. The smallest absolute Gasteiger partial charge is 0.162 e. The predicted molar refractivity (Wildman–Crippen MR) is 37.7 cm³/mol. The van der Waals surface area contributed by atoms with Crippen LogP contribution < -0.4 is 0 Å². The van der Waals surface area contributed by atoms with Crippen molar-refractivity contribution in [2.75, 3.05) is 0 Å². The third-order valence-corrected chi connectivity index (χ3v) is 1.39. The van der Waals surface area contributed by atoms with E-state index in [4.69, 9.17) is 5.26 Å². The number of nitriles is 1. The molecule has 0 amide bonds. The summed E-state index contributed by atoms with van der Waals surface area (Å²) in [6.07, 6.45) is 3.12. The molecule has 0 saturated heterocycles. The van der Waals surface area contributed by atoms with E-state index < -0.39 is 0 Å². The number of aromatic nitrogens is 3. The fourth-order valence-corrected chi connectivity index (χ4v) is 0.906. The SMILES string of the molecule is N#Cc1cnc2cccnn12. The molecule has 4 heteroatoms. The van der Waals surface area contributed by atoms with Crippen molar-refractivity contribution in [3.8, 4) is 6.07 Å². The number of nitrogens with zero attached hydrogens (tertiary/aromatic N) is 4. The Labute approximate surface area is 62.7 Å². The zero-order valence-electron chi connectivity index (χ0n) is 5.60.